The number of ether oxygens (including phenoxy) is 2. The van der Waals surface area contributed by atoms with E-state index in [-0.39, 0.29) is 0 Å². The maximum atomic E-state index is 6.33. The topological polar surface area (TPSA) is 18.5 Å². The van der Waals surface area contributed by atoms with Crippen LogP contribution < -0.4 is 9.47 Å². The molecule has 0 N–H and O–H groups in total. The molecule has 0 fully saturated rings. The van der Waals surface area contributed by atoms with Crippen LogP contribution in [-0.4, -0.2) is 13.7 Å². The Balaban J connectivity index is 1.84. The molecule has 0 saturated carbocycles. The Hall–Kier alpha value is -1.78. The number of benzene rings is 1. The maximum Gasteiger partial charge on any atom is 0.128 e. The van der Waals surface area contributed by atoms with E-state index in [1.54, 1.807) is 29.8 Å². The second-order valence-electron chi connectivity index (χ2n) is 7.49. The van der Waals surface area contributed by atoms with Crippen molar-refractivity contribution in [2.75, 3.05) is 13.7 Å². The van der Waals surface area contributed by atoms with Gasteiger partial charge in [0.25, 0.3) is 0 Å². The van der Waals surface area contributed by atoms with Gasteiger partial charge in [0.15, 0.2) is 0 Å². The monoisotopic (exact) mass is 428 g/mol. The third-order valence-electron chi connectivity index (χ3n) is 5.07. The first-order valence-electron chi connectivity index (χ1n) is 10.6. The summed E-state index contributed by atoms with van der Waals surface area (Å²) in [7, 11) is 1.75. The molecule has 4 heteroatoms. The zero-order valence-electron chi connectivity index (χ0n) is 18.0. The third kappa shape index (κ3) is 5.86. The molecule has 0 atom stereocenters. The van der Waals surface area contributed by atoms with Gasteiger partial charge in [-0.3, -0.25) is 0 Å². The lowest BCUT2D eigenvalue weighted by Crippen LogP contribution is -2.00. The molecular formula is C25H32O2S2. The summed E-state index contributed by atoms with van der Waals surface area (Å²) in [4.78, 5) is 5.05. The molecule has 2 aromatic heterocycles. The molecule has 0 aliphatic carbocycles. The minimum Gasteiger partial charge on any atom is -0.496 e. The highest BCUT2D eigenvalue weighted by atomic mass is 32.1. The fourth-order valence-electron chi connectivity index (χ4n) is 3.46. The van der Waals surface area contributed by atoms with Gasteiger partial charge in [0.1, 0.15) is 11.5 Å². The molecule has 0 unspecified atom stereocenters. The highest BCUT2D eigenvalue weighted by molar-refractivity contribution is 7.15. The average Bonchev–Trinajstić information content (AvgIpc) is 3.35. The lowest BCUT2D eigenvalue weighted by atomic mass is 10.1. The van der Waals surface area contributed by atoms with E-state index < -0.39 is 0 Å². The van der Waals surface area contributed by atoms with Crippen LogP contribution in [-0.2, 0) is 0 Å². The molecule has 0 amide bonds. The minimum absolute atomic E-state index is 0.763. The Morgan fingerprint density at radius 3 is 1.83 bits per heavy atom. The summed E-state index contributed by atoms with van der Waals surface area (Å²) in [5.74, 6) is 1.86. The highest BCUT2D eigenvalue weighted by Crippen LogP contribution is 2.44. The summed E-state index contributed by atoms with van der Waals surface area (Å²) in [6, 6.07) is 13.0. The maximum absolute atomic E-state index is 6.33. The lowest BCUT2D eigenvalue weighted by molar-refractivity contribution is 0.305. The Bertz CT molecular complexity index is 907. The molecule has 29 heavy (non-hydrogen) atoms. The van der Waals surface area contributed by atoms with Gasteiger partial charge in [-0.05, 0) is 56.7 Å². The van der Waals surface area contributed by atoms with Crippen LogP contribution in [0.1, 0.15) is 55.2 Å². The largest absolute Gasteiger partial charge is 0.496 e. The van der Waals surface area contributed by atoms with Crippen molar-refractivity contribution < 1.29 is 9.47 Å². The van der Waals surface area contributed by atoms with Gasteiger partial charge < -0.3 is 9.47 Å². The zero-order chi connectivity index (χ0) is 20.6. The van der Waals surface area contributed by atoms with E-state index in [9.17, 15) is 0 Å². The van der Waals surface area contributed by atoms with Crippen molar-refractivity contribution in [2.24, 2.45) is 0 Å². The van der Waals surface area contributed by atoms with Crippen molar-refractivity contribution in [3.05, 3.63) is 46.2 Å². The molecule has 0 radical (unpaired) electrons. The molecule has 0 aliphatic rings. The van der Waals surface area contributed by atoms with Crippen LogP contribution in [0.5, 0.6) is 11.5 Å². The number of thiophene rings is 2. The summed E-state index contributed by atoms with van der Waals surface area (Å²) < 4.78 is 12.1. The number of hydrogen-bond donors (Lipinski definition) is 0. The molecule has 2 nitrogen and oxygen atoms in total. The second kappa shape index (κ2) is 10.8. The van der Waals surface area contributed by atoms with E-state index >= 15 is 0 Å². The Kier molecular flexibility index (Phi) is 8.19. The summed E-state index contributed by atoms with van der Waals surface area (Å²) in [6.07, 6.45) is 7.60. The van der Waals surface area contributed by atoms with Crippen molar-refractivity contribution >= 4 is 22.7 Å². The van der Waals surface area contributed by atoms with Crippen LogP contribution in [0.15, 0.2) is 36.4 Å². The molecule has 0 aliphatic heterocycles. The Morgan fingerprint density at radius 2 is 1.28 bits per heavy atom. The van der Waals surface area contributed by atoms with Crippen LogP contribution >= 0.6 is 22.7 Å². The van der Waals surface area contributed by atoms with E-state index in [1.165, 1.54) is 51.6 Å². The van der Waals surface area contributed by atoms with E-state index in [4.69, 9.17) is 9.47 Å². The standard InChI is InChI=1S/C25H32O2S2/c1-5-6-7-8-9-10-15-27-23-17-20(24-13-11-18(2)28-24)22(26-4)16-21(23)25-14-12-19(3)29-25/h11-14,16-17H,5-10,15H2,1-4H3. The molecule has 0 bridgehead atoms. The van der Waals surface area contributed by atoms with Gasteiger partial charge >= 0.3 is 0 Å². The molecule has 156 valence electrons. The molecule has 3 rings (SSSR count). The van der Waals surface area contributed by atoms with Crippen LogP contribution in [0.3, 0.4) is 0 Å². The number of unbranched alkanes of at least 4 members (excludes halogenated alkanes) is 5. The molecule has 2 heterocycles. The average molecular weight is 429 g/mol. The number of hydrogen-bond acceptors (Lipinski definition) is 4. The van der Waals surface area contributed by atoms with Crippen molar-refractivity contribution in [1.29, 1.82) is 0 Å². The fraction of sp³-hybridized carbons (Fsp3) is 0.440. The molecular weight excluding hydrogens is 396 g/mol. The van der Waals surface area contributed by atoms with Crippen molar-refractivity contribution in [3.8, 4) is 32.4 Å². The predicted octanol–water partition coefficient (Wildman–Crippen LogP) is 8.51. The number of aryl methyl sites for hydroxylation is 2. The van der Waals surface area contributed by atoms with Gasteiger partial charge in [-0.2, -0.15) is 0 Å². The van der Waals surface area contributed by atoms with E-state index in [0.717, 1.165) is 35.7 Å². The number of rotatable bonds is 11. The first-order valence-corrected chi connectivity index (χ1v) is 12.2. The van der Waals surface area contributed by atoms with Gasteiger partial charge in [0, 0.05) is 30.6 Å². The van der Waals surface area contributed by atoms with Crippen molar-refractivity contribution in [3.63, 3.8) is 0 Å². The molecule has 0 saturated heterocycles. The SMILES string of the molecule is CCCCCCCCOc1cc(-c2ccc(C)s2)c(OC)cc1-c1ccc(C)s1. The first kappa shape index (κ1) is 21.9. The van der Waals surface area contributed by atoms with Crippen LogP contribution in [0, 0.1) is 13.8 Å². The van der Waals surface area contributed by atoms with E-state index in [1.807, 2.05) is 0 Å². The van der Waals surface area contributed by atoms with Crippen molar-refractivity contribution in [2.45, 2.75) is 59.3 Å². The quantitative estimate of drug-likeness (QED) is 0.285. The normalized spacial score (nSPS) is 11.0. The lowest BCUT2D eigenvalue weighted by Gasteiger charge is -2.15. The predicted molar refractivity (Wildman–Crippen MR) is 128 cm³/mol. The smallest absolute Gasteiger partial charge is 0.128 e. The third-order valence-corrected chi connectivity index (χ3v) is 7.14. The van der Waals surface area contributed by atoms with Gasteiger partial charge in [-0.25, -0.2) is 0 Å². The second-order valence-corrected chi connectivity index (χ2v) is 10.1. The Morgan fingerprint density at radius 1 is 0.724 bits per heavy atom. The Labute approximate surface area is 183 Å². The summed E-state index contributed by atoms with van der Waals surface area (Å²) in [6.45, 7) is 7.30. The van der Waals surface area contributed by atoms with Gasteiger partial charge in [-0.15, -0.1) is 22.7 Å². The summed E-state index contributed by atoms with van der Waals surface area (Å²) in [5.41, 5.74) is 2.24. The summed E-state index contributed by atoms with van der Waals surface area (Å²) in [5, 5.41) is 0. The minimum atomic E-state index is 0.763. The van der Waals surface area contributed by atoms with Gasteiger partial charge in [0.05, 0.1) is 13.7 Å². The molecule has 3 aromatic rings. The fourth-order valence-corrected chi connectivity index (χ4v) is 5.23. The van der Waals surface area contributed by atoms with Gasteiger partial charge in [-0.1, -0.05) is 39.0 Å². The van der Waals surface area contributed by atoms with Gasteiger partial charge in [0.2, 0.25) is 0 Å². The summed E-state index contributed by atoms with van der Waals surface area (Å²) >= 11 is 3.59. The van der Waals surface area contributed by atoms with E-state index in [0.29, 0.717) is 0 Å². The highest BCUT2D eigenvalue weighted by Gasteiger charge is 2.17. The molecule has 1 aromatic carbocycles. The van der Waals surface area contributed by atoms with Crippen LogP contribution in [0.25, 0.3) is 20.9 Å². The van der Waals surface area contributed by atoms with Crippen LogP contribution in [0.4, 0.5) is 0 Å². The van der Waals surface area contributed by atoms with Crippen LogP contribution in [0.2, 0.25) is 0 Å². The zero-order valence-corrected chi connectivity index (χ0v) is 19.7. The van der Waals surface area contributed by atoms with E-state index in [2.05, 4.69) is 57.2 Å². The number of methoxy groups -OCH3 is 1. The van der Waals surface area contributed by atoms with Crippen molar-refractivity contribution in [1.82, 2.24) is 0 Å². The first-order chi connectivity index (χ1) is 14.1. The molecule has 0 spiro atoms.